The van der Waals surface area contributed by atoms with E-state index in [4.69, 9.17) is 10.3 Å². The summed E-state index contributed by atoms with van der Waals surface area (Å²) >= 11 is 0. The van der Waals surface area contributed by atoms with Crippen LogP contribution < -0.4 is 5.73 Å². The summed E-state index contributed by atoms with van der Waals surface area (Å²) in [6, 6.07) is 12.1. The third kappa shape index (κ3) is 2.16. The smallest absolute Gasteiger partial charge is 0.230 e. The highest BCUT2D eigenvalue weighted by atomic mass is 16.5. The molecule has 1 aromatic carbocycles. The second-order valence-electron chi connectivity index (χ2n) is 4.56. The normalized spacial score (nSPS) is 10.7. The molecular formula is C16H15N3O. The fourth-order valence-electron chi connectivity index (χ4n) is 2.20. The van der Waals surface area contributed by atoms with E-state index in [0.29, 0.717) is 5.88 Å². The van der Waals surface area contributed by atoms with Crippen molar-refractivity contribution in [2.75, 3.05) is 5.73 Å². The summed E-state index contributed by atoms with van der Waals surface area (Å²) in [6.45, 7) is 2.13. The van der Waals surface area contributed by atoms with Crippen molar-refractivity contribution in [2.24, 2.45) is 0 Å². The lowest BCUT2D eigenvalue weighted by Crippen LogP contribution is -1.88. The SMILES string of the molecule is CCc1ccc(-c2noc(N)c2-c2ccncc2)cc1. The maximum absolute atomic E-state index is 5.92. The van der Waals surface area contributed by atoms with Crippen molar-refractivity contribution in [1.82, 2.24) is 10.1 Å². The number of nitrogens with two attached hydrogens (primary N) is 1. The van der Waals surface area contributed by atoms with Gasteiger partial charge in [-0.05, 0) is 29.7 Å². The third-order valence-corrected chi connectivity index (χ3v) is 3.32. The van der Waals surface area contributed by atoms with Crippen molar-refractivity contribution in [3.8, 4) is 22.4 Å². The van der Waals surface area contributed by atoms with E-state index in [1.165, 1.54) is 5.56 Å². The minimum atomic E-state index is 0.325. The zero-order valence-electron chi connectivity index (χ0n) is 11.2. The average Bonchev–Trinajstić information content (AvgIpc) is 2.90. The van der Waals surface area contributed by atoms with Crippen molar-refractivity contribution in [3.05, 3.63) is 54.4 Å². The van der Waals surface area contributed by atoms with Crippen molar-refractivity contribution < 1.29 is 4.52 Å². The maximum atomic E-state index is 5.92. The van der Waals surface area contributed by atoms with E-state index in [1.807, 2.05) is 24.3 Å². The highest BCUT2D eigenvalue weighted by Gasteiger charge is 2.17. The minimum Gasteiger partial charge on any atom is -0.367 e. The van der Waals surface area contributed by atoms with Crippen molar-refractivity contribution in [3.63, 3.8) is 0 Å². The van der Waals surface area contributed by atoms with Gasteiger partial charge in [-0.2, -0.15) is 0 Å². The van der Waals surface area contributed by atoms with Crippen molar-refractivity contribution in [1.29, 1.82) is 0 Å². The van der Waals surface area contributed by atoms with Crippen LogP contribution in [0.15, 0.2) is 53.3 Å². The van der Waals surface area contributed by atoms with Gasteiger partial charge >= 0.3 is 0 Å². The van der Waals surface area contributed by atoms with E-state index in [0.717, 1.165) is 28.8 Å². The number of hydrogen-bond donors (Lipinski definition) is 1. The van der Waals surface area contributed by atoms with Crippen LogP contribution in [0.4, 0.5) is 5.88 Å². The molecule has 20 heavy (non-hydrogen) atoms. The molecule has 3 rings (SSSR count). The van der Waals surface area contributed by atoms with Crippen LogP contribution in [0, 0.1) is 0 Å². The molecule has 0 fully saturated rings. The zero-order chi connectivity index (χ0) is 13.9. The summed E-state index contributed by atoms with van der Waals surface area (Å²) in [5, 5.41) is 4.10. The van der Waals surface area contributed by atoms with Gasteiger partial charge in [0.15, 0.2) is 0 Å². The molecule has 0 amide bonds. The molecule has 0 aliphatic carbocycles. The highest BCUT2D eigenvalue weighted by molar-refractivity contribution is 5.86. The van der Waals surface area contributed by atoms with Crippen molar-refractivity contribution >= 4 is 5.88 Å². The van der Waals surface area contributed by atoms with E-state index in [1.54, 1.807) is 12.4 Å². The highest BCUT2D eigenvalue weighted by Crippen LogP contribution is 2.35. The first kappa shape index (κ1) is 12.4. The number of benzene rings is 1. The van der Waals surface area contributed by atoms with Gasteiger partial charge in [-0.15, -0.1) is 0 Å². The number of nitrogen functional groups attached to an aromatic ring is 1. The number of hydrogen-bond acceptors (Lipinski definition) is 4. The molecule has 100 valence electrons. The van der Waals surface area contributed by atoms with E-state index in [-0.39, 0.29) is 0 Å². The van der Waals surface area contributed by atoms with Gasteiger partial charge in [-0.3, -0.25) is 4.98 Å². The Kier molecular flexibility index (Phi) is 3.21. The Hall–Kier alpha value is -2.62. The summed E-state index contributed by atoms with van der Waals surface area (Å²) in [5.74, 6) is 0.325. The maximum Gasteiger partial charge on any atom is 0.230 e. The first-order valence-corrected chi connectivity index (χ1v) is 6.54. The Bertz CT molecular complexity index is 702. The van der Waals surface area contributed by atoms with Crippen molar-refractivity contribution in [2.45, 2.75) is 13.3 Å². The number of aryl methyl sites for hydroxylation is 1. The molecule has 3 aromatic rings. The Morgan fingerprint density at radius 1 is 1.00 bits per heavy atom. The standard InChI is InChI=1S/C16H15N3O/c1-2-11-3-5-13(6-4-11)15-14(16(17)20-19-15)12-7-9-18-10-8-12/h3-10H,2,17H2,1H3. The molecule has 0 unspecified atom stereocenters. The molecule has 4 nitrogen and oxygen atoms in total. The molecular weight excluding hydrogens is 250 g/mol. The minimum absolute atomic E-state index is 0.325. The molecule has 0 spiro atoms. The second kappa shape index (κ2) is 5.17. The predicted molar refractivity (Wildman–Crippen MR) is 79.0 cm³/mol. The lowest BCUT2D eigenvalue weighted by Gasteiger charge is -2.03. The summed E-state index contributed by atoms with van der Waals surface area (Å²) < 4.78 is 5.17. The van der Waals surface area contributed by atoms with Gasteiger partial charge in [-0.1, -0.05) is 36.3 Å². The van der Waals surface area contributed by atoms with Crippen LogP contribution in [0.2, 0.25) is 0 Å². The fourth-order valence-corrected chi connectivity index (χ4v) is 2.20. The van der Waals surface area contributed by atoms with E-state index < -0.39 is 0 Å². The van der Waals surface area contributed by atoms with Crippen LogP contribution in [0.1, 0.15) is 12.5 Å². The number of nitrogens with zero attached hydrogens (tertiary/aromatic N) is 2. The lowest BCUT2D eigenvalue weighted by molar-refractivity contribution is 0.439. The van der Waals surface area contributed by atoms with Crippen LogP contribution in [-0.2, 0) is 6.42 Å². The first-order chi connectivity index (χ1) is 9.79. The molecule has 4 heteroatoms. The van der Waals surface area contributed by atoms with Gasteiger partial charge in [0.1, 0.15) is 5.69 Å². The fraction of sp³-hybridized carbons (Fsp3) is 0.125. The molecule has 0 saturated carbocycles. The summed E-state index contributed by atoms with van der Waals surface area (Å²) in [7, 11) is 0. The molecule has 0 radical (unpaired) electrons. The Balaban J connectivity index is 2.11. The van der Waals surface area contributed by atoms with E-state index in [2.05, 4.69) is 29.2 Å². The zero-order valence-corrected chi connectivity index (χ0v) is 11.2. The molecule has 0 atom stereocenters. The van der Waals surface area contributed by atoms with Crippen LogP contribution in [0.5, 0.6) is 0 Å². The molecule has 2 aromatic heterocycles. The number of anilines is 1. The lowest BCUT2D eigenvalue weighted by atomic mass is 10.0. The number of rotatable bonds is 3. The largest absolute Gasteiger partial charge is 0.367 e. The van der Waals surface area contributed by atoms with Gasteiger partial charge in [0, 0.05) is 18.0 Å². The summed E-state index contributed by atoms with van der Waals surface area (Å²) in [6.07, 6.45) is 4.47. The van der Waals surface area contributed by atoms with Crippen LogP contribution >= 0.6 is 0 Å². The van der Waals surface area contributed by atoms with E-state index in [9.17, 15) is 0 Å². The quantitative estimate of drug-likeness (QED) is 0.786. The summed E-state index contributed by atoms with van der Waals surface area (Å²) in [4.78, 5) is 4.02. The molecule has 0 aliphatic heterocycles. The molecule has 2 heterocycles. The Labute approximate surface area is 117 Å². The van der Waals surface area contributed by atoms with Crippen LogP contribution in [0.25, 0.3) is 22.4 Å². The van der Waals surface area contributed by atoms with Crippen LogP contribution in [-0.4, -0.2) is 10.1 Å². The van der Waals surface area contributed by atoms with Gasteiger partial charge < -0.3 is 10.3 Å². The Morgan fingerprint density at radius 3 is 2.35 bits per heavy atom. The summed E-state index contributed by atoms with van der Waals surface area (Å²) in [5.41, 5.74) is 10.7. The monoisotopic (exact) mass is 265 g/mol. The molecule has 2 N–H and O–H groups in total. The Morgan fingerprint density at radius 2 is 1.70 bits per heavy atom. The molecule has 0 saturated heterocycles. The average molecular weight is 265 g/mol. The predicted octanol–water partition coefficient (Wildman–Crippen LogP) is 3.55. The van der Waals surface area contributed by atoms with Gasteiger partial charge in [-0.25, -0.2) is 0 Å². The van der Waals surface area contributed by atoms with Gasteiger partial charge in [0.25, 0.3) is 0 Å². The molecule has 0 aliphatic rings. The van der Waals surface area contributed by atoms with Gasteiger partial charge in [0.2, 0.25) is 5.88 Å². The first-order valence-electron chi connectivity index (χ1n) is 6.54. The van der Waals surface area contributed by atoms with Gasteiger partial charge in [0.05, 0.1) is 5.56 Å². The third-order valence-electron chi connectivity index (χ3n) is 3.32. The number of pyridine rings is 1. The molecule has 0 bridgehead atoms. The van der Waals surface area contributed by atoms with Crippen LogP contribution in [0.3, 0.4) is 0 Å². The number of aromatic nitrogens is 2. The second-order valence-corrected chi connectivity index (χ2v) is 4.56. The topological polar surface area (TPSA) is 64.9 Å². The van der Waals surface area contributed by atoms with E-state index >= 15 is 0 Å².